The molecule has 6 heteroatoms. The van der Waals surface area contributed by atoms with Gasteiger partial charge in [0.25, 0.3) is 5.91 Å². The van der Waals surface area contributed by atoms with E-state index in [1.54, 1.807) is 0 Å². The van der Waals surface area contributed by atoms with Crippen molar-refractivity contribution in [3.63, 3.8) is 0 Å². The van der Waals surface area contributed by atoms with Crippen LogP contribution >= 0.6 is 28.1 Å². The number of carbonyl (C=O) groups is 1. The average Bonchev–Trinajstić information content (AvgIpc) is 2.58. The summed E-state index contributed by atoms with van der Waals surface area (Å²) >= 11 is 8.79. The van der Waals surface area contributed by atoms with Crippen LogP contribution < -0.4 is 15.4 Å². The Morgan fingerprint density at radius 3 is 2.52 bits per heavy atom. The van der Waals surface area contributed by atoms with Gasteiger partial charge >= 0.3 is 0 Å². The SMILES string of the molecule is Cc1ccc(C)c(NC(=S)NC(=O)COc2cc(C)c(Br)cc2C(C)C)c1. The summed E-state index contributed by atoms with van der Waals surface area (Å²) in [6.45, 7) is 10.1. The molecule has 0 saturated heterocycles. The lowest BCUT2D eigenvalue weighted by Crippen LogP contribution is -2.37. The van der Waals surface area contributed by atoms with Crippen LogP contribution in [0.15, 0.2) is 34.8 Å². The normalized spacial score (nSPS) is 10.6. The van der Waals surface area contributed by atoms with Gasteiger partial charge in [0, 0.05) is 10.2 Å². The van der Waals surface area contributed by atoms with Crippen LogP contribution in [0.5, 0.6) is 5.75 Å². The molecule has 0 heterocycles. The second kappa shape index (κ2) is 9.33. The minimum Gasteiger partial charge on any atom is -0.483 e. The molecule has 1 amide bonds. The van der Waals surface area contributed by atoms with E-state index < -0.39 is 0 Å². The monoisotopic (exact) mass is 448 g/mol. The van der Waals surface area contributed by atoms with E-state index in [-0.39, 0.29) is 23.5 Å². The summed E-state index contributed by atoms with van der Waals surface area (Å²) in [5.74, 6) is 0.703. The van der Waals surface area contributed by atoms with Gasteiger partial charge in [0.2, 0.25) is 0 Å². The molecule has 144 valence electrons. The van der Waals surface area contributed by atoms with Gasteiger partial charge in [0.1, 0.15) is 5.75 Å². The molecule has 4 nitrogen and oxygen atoms in total. The quantitative estimate of drug-likeness (QED) is 0.601. The van der Waals surface area contributed by atoms with Crippen LogP contribution in [0.25, 0.3) is 0 Å². The Bertz CT molecular complexity index is 866. The number of anilines is 1. The van der Waals surface area contributed by atoms with Gasteiger partial charge in [-0.3, -0.25) is 10.1 Å². The fraction of sp³-hybridized carbons (Fsp3) is 0.333. The van der Waals surface area contributed by atoms with E-state index in [1.165, 1.54) is 0 Å². The maximum Gasteiger partial charge on any atom is 0.264 e. The first-order valence-corrected chi connectivity index (χ1v) is 9.98. The van der Waals surface area contributed by atoms with Crippen molar-refractivity contribution in [1.29, 1.82) is 0 Å². The van der Waals surface area contributed by atoms with Crippen molar-refractivity contribution < 1.29 is 9.53 Å². The van der Waals surface area contributed by atoms with E-state index in [0.717, 1.165) is 32.4 Å². The van der Waals surface area contributed by atoms with Gasteiger partial charge in [-0.2, -0.15) is 0 Å². The van der Waals surface area contributed by atoms with Gasteiger partial charge in [-0.15, -0.1) is 0 Å². The number of ether oxygens (including phenoxy) is 1. The van der Waals surface area contributed by atoms with Crippen LogP contribution in [0.4, 0.5) is 5.69 Å². The molecule has 0 aliphatic rings. The lowest BCUT2D eigenvalue weighted by atomic mass is 10.0. The lowest BCUT2D eigenvalue weighted by molar-refractivity contribution is -0.121. The summed E-state index contributed by atoms with van der Waals surface area (Å²) in [4.78, 5) is 12.2. The predicted molar refractivity (Wildman–Crippen MR) is 119 cm³/mol. The van der Waals surface area contributed by atoms with E-state index in [1.807, 2.05) is 51.1 Å². The number of thiocarbonyl (C=S) groups is 1. The summed E-state index contributed by atoms with van der Waals surface area (Å²) in [6, 6.07) is 10.0. The molecule has 0 radical (unpaired) electrons. The van der Waals surface area contributed by atoms with Crippen LogP contribution in [-0.2, 0) is 4.79 Å². The summed E-state index contributed by atoms with van der Waals surface area (Å²) in [5.41, 5.74) is 5.16. The summed E-state index contributed by atoms with van der Waals surface area (Å²) in [5, 5.41) is 5.99. The van der Waals surface area contributed by atoms with Crippen molar-refractivity contribution in [2.45, 2.75) is 40.5 Å². The molecule has 2 rings (SSSR count). The van der Waals surface area contributed by atoms with Crippen LogP contribution in [0.3, 0.4) is 0 Å². The lowest BCUT2D eigenvalue weighted by Gasteiger charge is -2.16. The number of carbonyl (C=O) groups excluding carboxylic acids is 1. The minimum absolute atomic E-state index is 0.102. The molecule has 0 saturated carbocycles. The molecular weight excluding hydrogens is 424 g/mol. The maximum atomic E-state index is 12.2. The molecule has 0 atom stereocenters. The van der Waals surface area contributed by atoms with Gasteiger partial charge in [-0.1, -0.05) is 41.9 Å². The Kier molecular flexibility index (Phi) is 7.39. The first-order valence-electron chi connectivity index (χ1n) is 8.78. The molecular formula is C21H25BrN2O2S. The van der Waals surface area contributed by atoms with Crippen LogP contribution in [0, 0.1) is 20.8 Å². The van der Waals surface area contributed by atoms with E-state index >= 15 is 0 Å². The highest BCUT2D eigenvalue weighted by atomic mass is 79.9. The Balaban J connectivity index is 1.97. The molecule has 0 unspecified atom stereocenters. The zero-order valence-electron chi connectivity index (χ0n) is 16.3. The fourth-order valence-corrected chi connectivity index (χ4v) is 3.16. The van der Waals surface area contributed by atoms with Gasteiger partial charge < -0.3 is 10.1 Å². The van der Waals surface area contributed by atoms with Crippen molar-refractivity contribution in [1.82, 2.24) is 5.32 Å². The standard InChI is InChI=1S/C21H25BrN2O2S/c1-12(2)16-10-17(22)15(5)9-19(16)26-11-20(25)24-21(27)23-18-8-13(3)6-7-14(18)4/h6-10,12H,11H2,1-5H3,(H2,23,24,25,27). The number of aryl methyl sites for hydroxylation is 3. The maximum absolute atomic E-state index is 12.2. The van der Waals surface area contributed by atoms with Gasteiger partial charge in [-0.25, -0.2) is 0 Å². The minimum atomic E-state index is -0.298. The van der Waals surface area contributed by atoms with E-state index in [9.17, 15) is 4.79 Å². The molecule has 0 aliphatic heterocycles. The molecule has 2 aromatic rings. The Morgan fingerprint density at radius 2 is 1.85 bits per heavy atom. The van der Waals surface area contributed by atoms with Crippen LogP contribution in [-0.4, -0.2) is 17.6 Å². The van der Waals surface area contributed by atoms with Gasteiger partial charge in [-0.05, 0) is 79.4 Å². The fourth-order valence-electron chi connectivity index (χ4n) is 2.58. The van der Waals surface area contributed by atoms with Gasteiger partial charge in [0.15, 0.2) is 11.7 Å². The smallest absolute Gasteiger partial charge is 0.264 e. The molecule has 0 bridgehead atoms. The predicted octanol–water partition coefficient (Wildman–Crippen LogP) is 5.39. The zero-order valence-corrected chi connectivity index (χ0v) is 18.7. The van der Waals surface area contributed by atoms with E-state index in [2.05, 4.69) is 40.4 Å². The summed E-state index contributed by atoms with van der Waals surface area (Å²) < 4.78 is 6.80. The number of hydrogen-bond donors (Lipinski definition) is 2. The highest BCUT2D eigenvalue weighted by Gasteiger charge is 2.13. The largest absolute Gasteiger partial charge is 0.483 e. The van der Waals surface area contributed by atoms with Crippen LogP contribution in [0.1, 0.15) is 42.0 Å². The van der Waals surface area contributed by atoms with Crippen molar-refractivity contribution in [2.24, 2.45) is 0 Å². The van der Waals surface area contributed by atoms with Crippen molar-refractivity contribution in [2.75, 3.05) is 11.9 Å². The number of benzene rings is 2. The average molecular weight is 449 g/mol. The number of hydrogen-bond acceptors (Lipinski definition) is 3. The Morgan fingerprint density at radius 1 is 1.15 bits per heavy atom. The van der Waals surface area contributed by atoms with Crippen molar-refractivity contribution in [3.8, 4) is 5.75 Å². The number of nitrogens with one attached hydrogen (secondary N) is 2. The second-order valence-electron chi connectivity index (χ2n) is 6.90. The molecule has 0 aromatic heterocycles. The Hall–Kier alpha value is -1.92. The number of halogens is 1. The number of rotatable bonds is 5. The number of amides is 1. The first kappa shape index (κ1) is 21.4. The van der Waals surface area contributed by atoms with Crippen LogP contribution in [0.2, 0.25) is 0 Å². The third kappa shape index (κ3) is 6.04. The highest BCUT2D eigenvalue weighted by molar-refractivity contribution is 9.10. The summed E-state index contributed by atoms with van der Waals surface area (Å²) in [6.07, 6.45) is 0. The third-order valence-electron chi connectivity index (χ3n) is 4.17. The molecule has 2 N–H and O–H groups in total. The zero-order chi connectivity index (χ0) is 20.1. The molecule has 0 spiro atoms. The van der Waals surface area contributed by atoms with E-state index in [4.69, 9.17) is 17.0 Å². The van der Waals surface area contributed by atoms with Gasteiger partial charge in [0.05, 0.1) is 0 Å². The third-order valence-corrected chi connectivity index (χ3v) is 5.22. The topological polar surface area (TPSA) is 50.4 Å². The first-order chi connectivity index (χ1) is 12.7. The summed E-state index contributed by atoms with van der Waals surface area (Å²) in [7, 11) is 0. The molecule has 0 aliphatic carbocycles. The Labute approximate surface area is 174 Å². The highest BCUT2D eigenvalue weighted by Crippen LogP contribution is 2.32. The molecule has 0 fully saturated rings. The van der Waals surface area contributed by atoms with Crippen molar-refractivity contribution >= 4 is 44.9 Å². The molecule has 27 heavy (non-hydrogen) atoms. The second-order valence-corrected chi connectivity index (χ2v) is 8.17. The molecule has 2 aromatic carbocycles. The van der Waals surface area contributed by atoms with E-state index in [0.29, 0.717) is 5.75 Å². The van der Waals surface area contributed by atoms with Crippen molar-refractivity contribution in [3.05, 3.63) is 57.1 Å².